The molecule has 1 aliphatic heterocycles. The minimum absolute atomic E-state index is 0.0389. The third kappa shape index (κ3) is 5.50. The molecule has 0 aliphatic carbocycles. The molecule has 0 unspecified atom stereocenters. The van der Waals surface area contributed by atoms with Gasteiger partial charge in [0.25, 0.3) is 0 Å². The van der Waals surface area contributed by atoms with Crippen LogP contribution in [0.4, 0.5) is 17.1 Å². The molecule has 0 bridgehead atoms. The largest absolute Gasteiger partial charge is 0.481 e. The third-order valence-corrected chi connectivity index (χ3v) is 5.12. The first kappa shape index (κ1) is 19.8. The standard InChI is InChI=1S/C20H21N3O4S/c24-18-12-23(17-4-2-1-3-16(17)22-18)11-14-5-7-15(8-6-14)21-19(25)13-28-10-9-20(26)27/h1-8H,9-13H2,(H,21,25)(H,22,24)(H,26,27). The fourth-order valence-corrected chi connectivity index (χ4v) is 3.60. The van der Waals surface area contributed by atoms with Crippen LogP contribution in [-0.2, 0) is 20.9 Å². The fourth-order valence-electron chi connectivity index (χ4n) is 2.88. The zero-order chi connectivity index (χ0) is 19.9. The lowest BCUT2D eigenvalue weighted by Crippen LogP contribution is -2.37. The Kier molecular flexibility index (Phi) is 6.54. The topological polar surface area (TPSA) is 98.7 Å². The van der Waals surface area contributed by atoms with Gasteiger partial charge < -0.3 is 20.6 Å². The summed E-state index contributed by atoms with van der Waals surface area (Å²) in [6.45, 7) is 0.882. The van der Waals surface area contributed by atoms with Crippen molar-refractivity contribution in [3.8, 4) is 0 Å². The van der Waals surface area contributed by atoms with Crippen LogP contribution in [0.5, 0.6) is 0 Å². The van der Waals surface area contributed by atoms with Crippen molar-refractivity contribution < 1.29 is 19.5 Å². The summed E-state index contributed by atoms with van der Waals surface area (Å²) in [4.78, 5) is 36.3. The fraction of sp³-hybridized carbons (Fsp3) is 0.250. The Morgan fingerprint density at radius 1 is 1.14 bits per heavy atom. The lowest BCUT2D eigenvalue weighted by atomic mass is 10.1. The van der Waals surface area contributed by atoms with E-state index in [1.807, 2.05) is 53.4 Å². The van der Waals surface area contributed by atoms with Crippen molar-refractivity contribution in [3.05, 3.63) is 54.1 Å². The van der Waals surface area contributed by atoms with Crippen molar-refractivity contribution in [2.45, 2.75) is 13.0 Å². The van der Waals surface area contributed by atoms with Crippen LogP contribution in [0, 0.1) is 0 Å². The van der Waals surface area contributed by atoms with Gasteiger partial charge in [-0.15, -0.1) is 0 Å². The van der Waals surface area contributed by atoms with Gasteiger partial charge in [0.15, 0.2) is 0 Å². The molecule has 1 aliphatic rings. The maximum atomic E-state index is 11.9. The molecule has 0 spiro atoms. The Morgan fingerprint density at radius 3 is 2.64 bits per heavy atom. The third-order valence-electron chi connectivity index (χ3n) is 4.16. The molecule has 2 aromatic carbocycles. The molecule has 3 rings (SSSR count). The predicted molar refractivity (Wildman–Crippen MR) is 111 cm³/mol. The number of aliphatic carboxylic acids is 1. The molecular weight excluding hydrogens is 378 g/mol. The molecule has 7 nitrogen and oxygen atoms in total. The number of nitrogens with zero attached hydrogens (tertiary/aromatic N) is 1. The van der Waals surface area contributed by atoms with E-state index >= 15 is 0 Å². The van der Waals surface area contributed by atoms with Gasteiger partial charge in [0.05, 0.1) is 30.1 Å². The number of anilines is 3. The summed E-state index contributed by atoms with van der Waals surface area (Å²) in [5.74, 6) is -0.438. The highest BCUT2D eigenvalue weighted by Gasteiger charge is 2.21. The number of carbonyl (C=O) groups is 3. The number of fused-ring (bicyclic) bond motifs is 1. The average Bonchev–Trinajstić information content (AvgIpc) is 2.66. The van der Waals surface area contributed by atoms with E-state index in [1.54, 1.807) is 0 Å². The number of carboxylic acids is 1. The Labute approximate surface area is 167 Å². The summed E-state index contributed by atoms with van der Waals surface area (Å²) >= 11 is 1.29. The number of hydrogen-bond acceptors (Lipinski definition) is 5. The number of benzene rings is 2. The second-order valence-electron chi connectivity index (χ2n) is 6.36. The number of amides is 2. The number of hydrogen-bond donors (Lipinski definition) is 3. The molecule has 0 atom stereocenters. The highest BCUT2D eigenvalue weighted by atomic mass is 32.2. The highest BCUT2D eigenvalue weighted by Crippen LogP contribution is 2.30. The number of thioether (sulfide) groups is 1. The van der Waals surface area contributed by atoms with E-state index in [1.165, 1.54) is 11.8 Å². The van der Waals surface area contributed by atoms with Crippen molar-refractivity contribution in [2.75, 3.05) is 33.6 Å². The van der Waals surface area contributed by atoms with Crippen molar-refractivity contribution >= 4 is 46.6 Å². The molecule has 0 radical (unpaired) electrons. The predicted octanol–water partition coefficient (Wildman–Crippen LogP) is 2.79. The van der Waals surface area contributed by atoms with Crippen LogP contribution >= 0.6 is 11.8 Å². The molecule has 1 heterocycles. The van der Waals surface area contributed by atoms with Crippen LogP contribution < -0.4 is 15.5 Å². The van der Waals surface area contributed by atoms with Gasteiger partial charge >= 0.3 is 5.97 Å². The van der Waals surface area contributed by atoms with Gasteiger partial charge in [-0.25, -0.2) is 0 Å². The maximum Gasteiger partial charge on any atom is 0.304 e. The normalized spacial score (nSPS) is 12.9. The number of carboxylic acid groups (broad SMARTS) is 1. The smallest absolute Gasteiger partial charge is 0.304 e. The number of para-hydroxylation sites is 2. The average molecular weight is 399 g/mol. The molecule has 2 amide bonds. The van der Waals surface area contributed by atoms with Crippen LogP contribution in [-0.4, -0.2) is 40.9 Å². The molecule has 28 heavy (non-hydrogen) atoms. The first-order valence-electron chi connectivity index (χ1n) is 8.83. The summed E-state index contributed by atoms with van der Waals surface area (Å²) in [7, 11) is 0. The second-order valence-corrected chi connectivity index (χ2v) is 7.47. The molecule has 0 aromatic heterocycles. The lowest BCUT2D eigenvalue weighted by molar-refractivity contribution is -0.136. The van der Waals surface area contributed by atoms with E-state index in [-0.39, 0.29) is 24.0 Å². The van der Waals surface area contributed by atoms with Crippen LogP contribution in [0.1, 0.15) is 12.0 Å². The second kappa shape index (κ2) is 9.27. The first-order valence-corrected chi connectivity index (χ1v) is 9.99. The zero-order valence-corrected chi connectivity index (χ0v) is 16.0. The van der Waals surface area contributed by atoms with Crippen molar-refractivity contribution in [3.63, 3.8) is 0 Å². The Morgan fingerprint density at radius 2 is 1.89 bits per heavy atom. The monoisotopic (exact) mass is 399 g/mol. The van der Waals surface area contributed by atoms with Crippen molar-refractivity contribution in [1.82, 2.24) is 0 Å². The molecule has 8 heteroatoms. The highest BCUT2D eigenvalue weighted by molar-refractivity contribution is 7.99. The van der Waals surface area contributed by atoms with Crippen LogP contribution in [0.15, 0.2) is 48.5 Å². The zero-order valence-electron chi connectivity index (χ0n) is 15.2. The van der Waals surface area contributed by atoms with E-state index < -0.39 is 5.97 Å². The SMILES string of the molecule is O=C(O)CCSCC(=O)Nc1ccc(CN2CC(=O)Nc3ccccc32)cc1. The van der Waals surface area contributed by atoms with Gasteiger partial charge in [0.1, 0.15) is 0 Å². The van der Waals surface area contributed by atoms with Crippen LogP contribution in [0.2, 0.25) is 0 Å². The molecule has 0 fully saturated rings. The molecule has 0 saturated carbocycles. The summed E-state index contributed by atoms with van der Waals surface area (Å²) in [5, 5.41) is 14.3. The molecule has 2 aromatic rings. The number of carbonyl (C=O) groups excluding carboxylic acids is 2. The molecule has 0 saturated heterocycles. The van der Waals surface area contributed by atoms with Crippen molar-refractivity contribution in [2.24, 2.45) is 0 Å². The van der Waals surface area contributed by atoms with E-state index in [0.29, 0.717) is 24.5 Å². The van der Waals surface area contributed by atoms with Gasteiger partial charge in [0, 0.05) is 18.0 Å². The minimum Gasteiger partial charge on any atom is -0.481 e. The van der Waals surface area contributed by atoms with E-state index in [4.69, 9.17) is 5.11 Å². The molecule has 146 valence electrons. The molecular formula is C20H21N3O4S. The summed E-state index contributed by atoms with van der Waals surface area (Å²) in [6.07, 6.45) is 0.0459. The van der Waals surface area contributed by atoms with E-state index in [0.717, 1.165) is 16.9 Å². The summed E-state index contributed by atoms with van der Waals surface area (Å²) in [5.41, 5.74) is 3.50. The van der Waals surface area contributed by atoms with Gasteiger partial charge in [-0.2, -0.15) is 11.8 Å². The first-order chi connectivity index (χ1) is 13.5. The van der Waals surface area contributed by atoms with Crippen LogP contribution in [0.3, 0.4) is 0 Å². The summed E-state index contributed by atoms with van der Waals surface area (Å²) < 4.78 is 0. The maximum absolute atomic E-state index is 11.9. The van der Waals surface area contributed by atoms with Gasteiger partial charge in [-0.3, -0.25) is 14.4 Å². The Balaban J connectivity index is 1.54. The number of rotatable bonds is 8. The van der Waals surface area contributed by atoms with Crippen molar-refractivity contribution in [1.29, 1.82) is 0 Å². The van der Waals surface area contributed by atoms with E-state index in [2.05, 4.69) is 10.6 Å². The Bertz CT molecular complexity index is 870. The van der Waals surface area contributed by atoms with Crippen LogP contribution in [0.25, 0.3) is 0 Å². The van der Waals surface area contributed by atoms with E-state index in [9.17, 15) is 14.4 Å². The number of nitrogens with one attached hydrogen (secondary N) is 2. The minimum atomic E-state index is -0.864. The van der Waals surface area contributed by atoms with Gasteiger partial charge in [-0.05, 0) is 29.8 Å². The summed E-state index contributed by atoms with van der Waals surface area (Å²) in [6, 6.07) is 15.2. The molecule has 3 N–H and O–H groups in total. The van der Waals surface area contributed by atoms with Gasteiger partial charge in [0.2, 0.25) is 11.8 Å². The quantitative estimate of drug-likeness (QED) is 0.591. The lowest BCUT2D eigenvalue weighted by Gasteiger charge is -2.30. The van der Waals surface area contributed by atoms with Gasteiger partial charge in [-0.1, -0.05) is 24.3 Å². The Hall–Kier alpha value is -3.00.